The molecule has 0 aliphatic heterocycles. The van der Waals surface area contributed by atoms with E-state index in [0.717, 1.165) is 0 Å². The Morgan fingerprint density at radius 2 is 2.21 bits per heavy atom. The van der Waals surface area contributed by atoms with Crippen molar-refractivity contribution in [3.63, 3.8) is 0 Å². The smallest absolute Gasteiger partial charge is 0.126 e. The molecular weight excluding hydrogens is 209 g/mol. The number of halogens is 2. The van der Waals surface area contributed by atoms with Crippen LogP contribution in [-0.4, -0.2) is 18.8 Å². The van der Waals surface area contributed by atoms with Crippen LogP contribution in [0.2, 0.25) is 0 Å². The Hall–Kier alpha value is -0.840. The van der Waals surface area contributed by atoms with Gasteiger partial charge >= 0.3 is 0 Å². The lowest BCUT2D eigenvalue weighted by Gasteiger charge is -2.12. The Labute approximate surface area is 88.1 Å². The molecule has 0 radical (unpaired) electrons. The number of nitrogens with two attached hydrogens (primary N) is 1. The van der Waals surface area contributed by atoms with E-state index in [0.29, 0.717) is 11.3 Å². The van der Waals surface area contributed by atoms with E-state index in [1.807, 2.05) is 0 Å². The molecule has 0 amide bonds. The van der Waals surface area contributed by atoms with Crippen LogP contribution < -0.4 is 10.5 Å². The van der Waals surface area contributed by atoms with Gasteiger partial charge in [0.2, 0.25) is 0 Å². The fraction of sp³-hybridized carbons (Fsp3) is 0.333. The first kappa shape index (κ1) is 13.2. The first-order valence-electron chi connectivity index (χ1n) is 3.89. The molecule has 0 saturated heterocycles. The van der Waals surface area contributed by atoms with E-state index in [-0.39, 0.29) is 24.8 Å². The van der Waals surface area contributed by atoms with Gasteiger partial charge in [-0.25, -0.2) is 4.39 Å². The molecule has 0 heterocycles. The van der Waals surface area contributed by atoms with Crippen molar-refractivity contribution in [1.29, 1.82) is 0 Å². The average molecular weight is 222 g/mol. The van der Waals surface area contributed by atoms with Gasteiger partial charge in [0.25, 0.3) is 0 Å². The summed E-state index contributed by atoms with van der Waals surface area (Å²) in [7, 11) is 1.43. The van der Waals surface area contributed by atoms with E-state index in [2.05, 4.69) is 0 Å². The van der Waals surface area contributed by atoms with Gasteiger partial charge in [-0.15, -0.1) is 12.4 Å². The van der Waals surface area contributed by atoms with Crippen LogP contribution in [0.15, 0.2) is 18.2 Å². The minimum Gasteiger partial charge on any atom is -0.496 e. The monoisotopic (exact) mass is 221 g/mol. The van der Waals surface area contributed by atoms with Crippen molar-refractivity contribution in [3.8, 4) is 5.75 Å². The predicted octanol–water partition coefficient (Wildman–Crippen LogP) is 1.25. The summed E-state index contributed by atoms with van der Waals surface area (Å²) in [6, 6.07) is 3.50. The van der Waals surface area contributed by atoms with Gasteiger partial charge in [0.05, 0.1) is 19.8 Å². The van der Waals surface area contributed by atoms with Crippen LogP contribution >= 0.6 is 12.4 Å². The Morgan fingerprint density at radius 3 is 2.71 bits per heavy atom. The highest BCUT2D eigenvalue weighted by Gasteiger charge is 2.11. The molecule has 0 saturated carbocycles. The highest BCUT2D eigenvalue weighted by atomic mass is 35.5. The highest BCUT2D eigenvalue weighted by Crippen LogP contribution is 2.24. The van der Waals surface area contributed by atoms with Crippen LogP contribution in [0.5, 0.6) is 5.75 Å². The molecule has 0 aliphatic carbocycles. The second kappa shape index (κ2) is 5.80. The van der Waals surface area contributed by atoms with Gasteiger partial charge in [-0.3, -0.25) is 0 Å². The molecule has 3 N–H and O–H groups in total. The second-order valence-corrected chi connectivity index (χ2v) is 2.68. The molecule has 1 atom stereocenters. The second-order valence-electron chi connectivity index (χ2n) is 2.68. The highest BCUT2D eigenvalue weighted by molar-refractivity contribution is 5.85. The molecule has 80 valence electrons. The minimum atomic E-state index is -0.532. The van der Waals surface area contributed by atoms with E-state index >= 15 is 0 Å². The molecule has 1 aromatic carbocycles. The Morgan fingerprint density at radius 1 is 1.57 bits per heavy atom. The number of rotatable bonds is 3. The molecule has 0 spiro atoms. The van der Waals surface area contributed by atoms with E-state index < -0.39 is 6.04 Å². The predicted molar refractivity (Wildman–Crippen MR) is 54.2 cm³/mol. The number of hydrogen-bond acceptors (Lipinski definition) is 3. The summed E-state index contributed by atoms with van der Waals surface area (Å²) in [5.74, 6) is -0.0210. The van der Waals surface area contributed by atoms with Crippen LogP contribution in [0.25, 0.3) is 0 Å². The zero-order chi connectivity index (χ0) is 9.84. The van der Waals surface area contributed by atoms with Crippen molar-refractivity contribution in [2.24, 2.45) is 5.73 Å². The third kappa shape index (κ3) is 2.83. The number of aliphatic hydroxyl groups is 1. The first-order valence-corrected chi connectivity index (χ1v) is 3.89. The van der Waals surface area contributed by atoms with E-state index in [4.69, 9.17) is 15.6 Å². The lowest BCUT2D eigenvalue weighted by atomic mass is 10.1. The molecule has 0 aliphatic rings. The number of methoxy groups -OCH3 is 1. The van der Waals surface area contributed by atoms with Gasteiger partial charge in [0.15, 0.2) is 0 Å². The van der Waals surface area contributed by atoms with Crippen molar-refractivity contribution in [1.82, 2.24) is 0 Å². The SMILES string of the molecule is COc1cc(F)ccc1[C@@H](N)CO.Cl. The maximum atomic E-state index is 12.7. The molecule has 3 nitrogen and oxygen atoms in total. The molecule has 0 unspecified atom stereocenters. The zero-order valence-corrected chi connectivity index (χ0v) is 8.55. The Bertz CT molecular complexity index is 296. The molecule has 1 aromatic rings. The third-order valence-electron chi connectivity index (χ3n) is 1.79. The summed E-state index contributed by atoms with van der Waals surface area (Å²) in [6.07, 6.45) is 0. The largest absolute Gasteiger partial charge is 0.496 e. The Kier molecular flexibility index (Phi) is 5.45. The minimum absolute atomic E-state index is 0. The van der Waals surface area contributed by atoms with Gasteiger partial charge in [0.1, 0.15) is 11.6 Å². The van der Waals surface area contributed by atoms with Crippen LogP contribution in [0.3, 0.4) is 0 Å². The number of benzene rings is 1. The lowest BCUT2D eigenvalue weighted by molar-refractivity contribution is 0.264. The number of ether oxygens (including phenoxy) is 1. The summed E-state index contributed by atoms with van der Waals surface area (Å²) in [4.78, 5) is 0. The third-order valence-corrected chi connectivity index (χ3v) is 1.79. The molecular formula is C9H13ClFNO2. The standard InChI is InChI=1S/C9H12FNO2.ClH/c1-13-9-4-6(10)2-3-7(9)8(11)5-12;/h2-4,8,12H,5,11H2,1H3;1H/t8-;/m0./s1. The van der Waals surface area contributed by atoms with Crippen LogP contribution in [0.4, 0.5) is 4.39 Å². The quantitative estimate of drug-likeness (QED) is 0.808. The topological polar surface area (TPSA) is 55.5 Å². The van der Waals surface area contributed by atoms with Crippen LogP contribution in [0.1, 0.15) is 11.6 Å². The molecule has 5 heteroatoms. The van der Waals surface area contributed by atoms with Gasteiger partial charge in [-0.1, -0.05) is 6.07 Å². The summed E-state index contributed by atoms with van der Waals surface area (Å²) < 4.78 is 17.6. The maximum Gasteiger partial charge on any atom is 0.126 e. The lowest BCUT2D eigenvalue weighted by Crippen LogP contribution is -2.15. The van der Waals surface area contributed by atoms with Gasteiger partial charge in [-0.2, -0.15) is 0 Å². The van der Waals surface area contributed by atoms with Crippen molar-refractivity contribution >= 4 is 12.4 Å². The molecule has 1 rings (SSSR count). The van der Waals surface area contributed by atoms with Crippen molar-refractivity contribution in [3.05, 3.63) is 29.6 Å². The molecule has 0 aromatic heterocycles. The summed E-state index contributed by atoms with van der Waals surface area (Å²) in [5, 5.41) is 8.80. The maximum absolute atomic E-state index is 12.7. The van der Waals surface area contributed by atoms with Crippen LogP contribution in [-0.2, 0) is 0 Å². The fourth-order valence-corrected chi connectivity index (χ4v) is 1.09. The fourth-order valence-electron chi connectivity index (χ4n) is 1.09. The number of aliphatic hydroxyl groups excluding tert-OH is 1. The zero-order valence-electron chi connectivity index (χ0n) is 7.74. The van der Waals surface area contributed by atoms with E-state index in [1.165, 1.54) is 25.3 Å². The molecule has 14 heavy (non-hydrogen) atoms. The summed E-state index contributed by atoms with van der Waals surface area (Å²) in [5.41, 5.74) is 6.17. The molecule has 0 fully saturated rings. The first-order chi connectivity index (χ1) is 6.19. The summed E-state index contributed by atoms with van der Waals surface area (Å²) in [6.45, 7) is -0.192. The van der Waals surface area contributed by atoms with Gasteiger partial charge in [0, 0.05) is 11.6 Å². The van der Waals surface area contributed by atoms with Gasteiger partial charge in [-0.05, 0) is 6.07 Å². The summed E-state index contributed by atoms with van der Waals surface area (Å²) >= 11 is 0. The van der Waals surface area contributed by atoms with Crippen molar-refractivity contribution in [2.45, 2.75) is 6.04 Å². The van der Waals surface area contributed by atoms with Crippen molar-refractivity contribution in [2.75, 3.05) is 13.7 Å². The number of hydrogen-bond donors (Lipinski definition) is 2. The van der Waals surface area contributed by atoms with Crippen molar-refractivity contribution < 1.29 is 14.2 Å². The van der Waals surface area contributed by atoms with Crippen LogP contribution in [0, 0.1) is 5.82 Å². The van der Waals surface area contributed by atoms with Gasteiger partial charge < -0.3 is 15.6 Å². The van der Waals surface area contributed by atoms with E-state index in [1.54, 1.807) is 0 Å². The average Bonchev–Trinajstić information content (AvgIpc) is 2.16. The Balaban J connectivity index is 0.00000169. The van der Waals surface area contributed by atoms with E-state index in [9.17, 15) is 4.39 Å². The normalized spacial score (nSPS) is 11.7. The molecule has 0 bridgehead atoms.